The fourth-order valence-electron chi connectivity index (χ4n) is 4.56. The monoisotopic (exact) mass is 597 g/mol. The van der Waals surface area contributed by atoms with Gasteiger partial charge in [0.1, 0.15) is 5.75 Å². The number of nitrogens with one attached hydrogen (secondary N) is 3. The summed E-state index contributed by atoms with van der Waals surface area (Å²) in [7, 11) is 0. The molecule has 6 N–H and O–H groups in total. The Balaban J connectivity index is 1.15. The van der Waals surface area contributed by atoms with Crippen LogP contribution in [0, 0.1) is 0 Å². The quantitative estimate of drug-likeness (QED) is 0.0931. The first-order valence-corrected chi connectivity index (χ1v) is 15.1. The first kappa shape index (κ1) is 33.4. The Kier molecular flexibility index (Phi) is 15.2. The zero-order valence-electron chi connectivity index (χ0n) is 24.2. The third-order valence-electron chi connectivity index (χ3n) is 6.92. The van der Waals surface area contributed by atoms with Crippen LogP contribution in [0.15, 0.2) is 66.7 Å². The summed E-state index contributed by atoms with van der Waals surface area (Å²) in [6, 6.07) is 19.9. The molecule has 0 saturated carbocycles. The van der Waals surface area contributed by atoms with Gasteiger partial charge in [-0.25, -0.2) is 4.79 Å². The number of carbonyl (C=O) groups is 1. The molecule has 0 spiro atoms. The van der Waals surface area contributed by atoms with Crippen molar-refractivity contribution in [2.24, 2.45) is 0 Å². The lowest BCUT2D eigenvalue weighted by atomic mass is 10.1. The number of halogens is 1. The van der Waals surface area contributed by atoms with Gasteiger partial charge in [0.05, 0.1) is 12.7 Å². The smallest absolute Gasteiger partial charge is 0.319 e. The summed E-state index contributed by atoms with van der Waals surface area (Å²) in [6.07, 6.45) is 6.65. The van der Waals surface area contributed by atoms with Gasteiger partial charge in [0.15, 0.2) is 0 Å². The maximum absolute atomic E-state index is 12.2. The number of aliphatic hydroxyl groups excluding tert-OH is 2. The van der Waals surface area contributed by atoms with Crippen molar-refractivity contribution in [2.45, 2.75) is 64.2 Å². The molecule has 42 heavy (non-hydrogen) atoms. The minimum absolute atomic E-state index is 0.0383. The van der Waals surface area contributed by atoms with E-state index in [1.165, 1.54) is 11.6 Å². The van der Waals surface area contributed by atoms with Crippen molar-refractivity contribution in [3.63, 3.8) is 0 Å². The number of unbranched alkanes of at least 4 members (excludes halogenated alkanes) is 4. The van der Waals surface area contributed by atoms with E-state index < -0.39 is 6.10 Å². The van der Waals surface area contributed by atoms with E-state index in [0.29, 0.717) is 34.9 Å². The van der Waals surface area contributed by atoms with Gasteiger partial charge < -0.3 is 36.0 Å². The molecule has 0 aromatic heterocycles. The molecule has 3 aromatic rings. The lowest BCUT2D eigenvalue weighted by Gasteiger charge is -2.14. The predicted octanol–water partition coefficient (Wildman–Crippen LogP) is 6.08. The summed E-state index contributed by atoms with van der Waals surface area (Å²) >= 11 is 5.96. The average molecular weight is 598 g/mol. The number of ether oxygens (including phenoxy) is 1. The summed E-state index contributed by atoms with van der Waals surface area (Å²) in [5, 5.41) is 38.7. The molecule has 0 radical (unpaired) electrons. The van der Waals surface area contributed by atoms with Crippen molar-refractivity contribution in [1.29, 1.82) is 0 Å². The van der Waals surface area contributed by atoms with E-state index in [1.807, 2.05) is 12.1 Å². The first-order chi connectivity index (χ1) is 20.4. The van der Waals surface area contributed by atoms with E-state index in [0.717, 1.165) is 70.3 Å². The van der Waals surface area contributed by atoms with Crippen molar-refractivity contribution in [2.75, 3.05) is 31.6 Å². The number of aryl methyl sites for hydroxylation is 1. The Morgan fingerprint density at radius 2 is 1.64 bits per heavy atom. The third kappa shape index (κ3) is 12.8. The summed E-state index contributed by atoms with van der Waals surface area (Å²) in [5.74, 6) is 0.0383. The van der Waals surface area contributed by atoms with Crippen molar-refractivity contribution >= 4 is 23.3 Å². The van der Waals surface area contributed by atoms with Crippen LogP contribution in [-0.2, 0) is 24.3 Å². The van der Waals surface area contributed by atoms with Gasteiger partial charge in [0.25, 0.3) is 0 Å². The summed E-state index contributed by atoms with van der Waals surface area (Å²) in [5.41, 5.74) is 4.07. The average Bonchev–Trinajstić information content (AvgIpc) is 2.99. The molecule has 0 unspecified atom stereocenters. The van der Waals surface area contributed by atoms with Gasteiger partial charge in [-0.3, -0.25) is 0 Å². The standard InChI is InChI=1S/C33H44ClN3O5/c34-29-12-8-13-30(21-29)37-33(41)36-22-26-11-7-10-25(19-26)9-3-6-18-42-17-5-2-1-4-16-35-23-32(40)27-14-15-31(39)28(20-27)24-38/h7-8,10-15,19-21,32,35,38-40H,1-6,9,16-18,22-24H2,(H2,36,37,41)/t32-/m1/s1. The van der Waals surface area contributed by atoms with Crippen molar-refractivity contribution < 1.29 is 24.9 Å². The number of phenols is 1. The minimum atomic E-state index is -0.676. The number of hydrogen-bond acceptors (Lipinski definition) is 6. The van der Waals surface area contributed by atoms with E-state index >= 15 is 0 Å². The highest BCUT2D eigenvalue weighted by Crippen LogP contribution is 2.22. The van der Waals surface area contributed by atoms with Crippen LogP contribution in [0.3, 0.4) is 0 Å². The number of aromatic hydroxyl groups is 1. The Bertz CT molecular complexity index is 1230. The van der Waals surface area contributed by atoms with E-state index in [4.69, 9.17) is 16.3 Å². The van der Waals surface area contributed by atoms with Crippen molar-refractivity contribution in [3.8, 4) is 5.75 Å². The molecule has 8 nitrogen and oxygen atoms in total. The maximum atomic E-state index is 12.2. The SMILES string of the molecule is O=C(NCc1cccc(CCCCOCCCCCCNC[C@@H](O)c2ccc(O)c(CO)c2)c1)Nc1cccc(Cl)c1. The second-order valence-corrected chi connectivity index (χ2v) is 10.8. The van der Waals surface area contributed by atoms with Crippen molar-refractivity contribution in [1.82, 2.24) is 10.6 Å². The largest absolute Gasteiger partial charge is 0.508 e. The van der Waals surface area contributed by atoms with Crippen LogP contribution < -0.4 is 16.0 Å². The zero-order valence-corrected chi connectivity index (χ0v) is 24.9. The molecule has 1 atom stereocenters. The Hall–Kier alpha value is -3.14. The molecule has 0 aliphatic heterocycles. The first-order valence-electron chi connectivity index (χ1n) is 14.7. The number of carbonyl (C=O) groups excluding carboxylic acids is 1. The lowest BCUT2D eigenvalue weighted by Crippen LogP contribution is -2.28. The summed E-state index contributed by atoms with van der Waals surface area (Å²) in [4.78, 5) is 12.2. The summed E-state index contributed by atoms with van der Waals surface area (Å²) < 4.78 is 5.80. The van der Waals surface area contributed by atoms with Gasteiger partial charge in [-0.05, 0) is 85.7 Å². The highest BCUT2D eigenvalue weighted by Gasteiger charge is 2.10. The number of benzene rings is 3. The van der Waals surface area contributed by atoms with Gasteiger partial charge in [-0.1, -0.05) is 60.8 Å². The molecule has 0 aliphatic carbocycles. The van der Waals surface area contributed by atoms with E-state index in [9.17, 15) is 20.1 Å². The molecule has 3 rings (SSSR count). The molecule has 0 saturated heterocycles. The second-order valence-electron chi connectivity index (χ2n) is 10.4. The highest BCUT2D eigenvalue weighted by molar-refractivity contribution is 6.30. The second kappa shape index (κ2) is 19.1. The number of rotatable bonds is 19. The number of amides is 2. The molecule has 0 aliphatic rings. The Labute approximate surface area is 254 Å². The number of hydrogen-bond donors (Lipinski definition) is 6. The van der Waals surface area contributed by atoms with E-state index in [-0.39, 0.29) is 18.4 Å². The van der Waals surface area contributed by atoms with Crippen LogP contribution in [0.25, 0.3) is 0 Å². The summed E-state index contributed by atoms with van der Waals surface area (Å²) in [6.45, 7) is 3.00. The Morgan fingerprint density at radius 3 is 2.45 bits per heavy atom. The Morgan fingerprint density at radius 1 is 0.881 bits per heavy atom. The topological polar surface area (TPSA) is 123 Å². The molecular formula is C33H44ClN3O5. The normalized spacial score (nSPS) is 11.8. The van der Waals surface area contributed by atoms with Crippen LogP contribution in [0.2, 0.25) is 5.02 Å². The van der Waals surface area contributed by atoms with Crippen LogP contribution in [0.4, 0.5) is 10.5 Å². The van der Waals surface area contributed by atoms with Crippen LogP contribution in [0.5, 0.6) is 5.75 Å². The van der Waals surface area contributed by atoms with Gasteiger partial charge in [-0.2, -0.15) is 0 Å². The number of urea groups is 1. The third-order valence-corrected chi connectivity index (χ3v) is 7.15. The molecule has 0 fully saturated rings. The predicted molar refractivity (Wildman–Crippen MR) is 168 cm³/mol. The molecule has 228 valence electrons. The molecule has 2 amide bonds. The number of anilines is 1. The number of aliphatic hydroxyl groups is 2. The van der Waals surface area contributed by atoms with Gasteiger partial charge in [-0.15, -0.1) is 0 Å². The fourth-order valence-corrected chi connectivity index (χ4v) is 4.75. The lowest BCUT2D eigenvalue weighted by molar-refractivity contribution is 0.126. The molecule has 0 heterocycles. The van der Waals surface area contributed by atoms with E-state index in [1.54, 1.807) is 36.4 Å². The molecular weight excluding hydrogens is 554 g/mol. The van der Waals surface area contributed by atoms with Gasteiger partial charge in [0, 0.05) is 42.6 Å². The molecule has 9 heteroatoms. The zero-order chi connectivity index (χ0) is 30.0. The van der Waals surface area contributed by atoms with Gasteiger partial charge >= 0.3 is 6.03 Å². The highest BCUT2D eigenvalue weighted by atomic mass is 35.5. The minimum Gasteiger partial charge on any atom is -0.508 e. The van der Waals surface area contributed by atoms with Crippen molar-refractivity contribution in [3.05, 3.63) is 94.0 Å². The van der Waals surface area contributed by atoms with Crippen LogP contribution in [-0.4, -0.2) is 47.7 Å². The van der Waals surface area contributed by atoms with E-state index in [2.05, 4.69) is 28.1 Å². The molecule has 0 bridgehead atoms. The van der Waals surface area contributed by atoms with Crippen LogP contribution >= 0.6 is 11.6 Å². The molecule has 3 aromatic carbocycles. The maximum Gasteiger partial charge on any atom is 0.319 e. The van der Waals surface area contributed by atoms with Gasteiger partial charge in [0.2, 0.25) is 0 Å². The van der Waals surface area contributed by atoms with Crippen LogP contribution in [0.1, 0.15) is 66.9 Å². The fraction of sp³-hybridized carbons (Fsp3) is 0.424.